The number of halogens is 1. The molecule has 1 fully saturated rings. The van der Waals surface area contributed by atoms with Gasteiger partial charge in [0.25, 0.3) is 0 Å². The van der Waals surface area contributed by atoms with Crippen LogP contribution in [-0.4, -0.2) is 29.8 Å². The van der Waals surface area contributed by atoms with E-state index in [4.69, 9.17) is 5.73 Å². The van der Waals surface area contributed by atoms with E-state index in [9.17, 15) is 9.59 Å². The third-order valence-corrected chi connectivity index (χ3v) is 4.99. The van der Waals surface area contributed by atoms with Crippen LogP contribution in [0.5, 0.6) is 0 Å². The number of hydrogen-bond acceptors (Lipinski definition) is 2. The number of primary amides is 1. The molecule has 114 valence electrons. The standard InChI is InChI=1S/C16H21BrN2O2/c1-11-10-12(2-4-14(11)17)3-5-15(20)19-8-6-13(7-9-19)16(18)21/h2,4,10,13H,3,5-9H2,1H3,(H2,18,21). The van der Waals surface area contributed by atoms with Crippen LogP contribution in [0.4, 0.5) is 0 Å². The number of amides is 2. The number of carbonyl (C=O) groups excluding carboxylic acids is 2. The molecular weight excluding hydrogens is 332 g/mol. The Morgan fingerprint density at radius 1 is 1.33 bits per heavy atom. The zero-order valence-electron chi connectivity index (χ0n) is 12.3. The minimum absolute atomic E-state index is 0.0665. The number of hydrogen-bond donors (Lipinski definition) is 1. The molecule has 1 heterocycles. The molecule has 1 aromatic carbocycles. The molecule has 0 bridgehead atoms. The molecule has 1 aliphatic heterocycles. The SMILES string of the molecule is Cc1cc(CCC(=O)N2CCC(C(N)=O)CC2)ccc1Br. The van der Waals surface area contributed by atoms with Crippen LogP contribution in [0.1, 0.15) is 30.4 Å². The molecular formula is C16H21BrN2O2. The van der Waals surface area contributed by atoms with Crippen LogP contribution in [0.2, 0.25) is 0 Å². The quantitative estimate of drug-likeness (QED) is 0.904. The normalized spacial score (nSPS) is 16.0. The second kappa shape index (κ2) is 7.07. The molecule has 0 aliphatic carbocycles. The van der Waals surface area contributed by atoms with Crippen LogP contribution in [0.15, 0.2) is 22.7 Å². The summed E-state index contributed by atoms with van der Waals surface area (Å²) in [6.07, 6.45) is 2.65. The minimum atomic E-state index is -0.243. The summed E-state index contributed by atoms with van der Waals surface area (Å²) in [5, 5.41) is 0. The van der Waals surface area contributed by atoms with Crippen LogP contribution in [0, 0.1) is 12.8 Å². The molecule has 0 radical (unpaired) electrons. The maximum atomic E-state index is 12.2. The van der Waals surface area contributed by atoms with Gasteiger partial charge in [-0.05, 0) is 43.4 Å². The summed E-state index contributed by atoms with van der Waals surface area (Å²) >= 11 is 3.48. The Morgan fingerprint density at radius 2 is 2.00 bits per heavy atom. The third-order valence-electron chi connectivity index (χ3n) is 4.10. The summed E-state index contributed by atoms with van der Waals surface area (Å²) in [7, 11) is 0. The highest BCUT2D eigenvalue weighted by molar-refractivity contribution is 9.10. The van der Waals surface area contributed by atoms with Crippen molar-refractivity contribution in [3.05, 3.63) is 33.8 Å². The average Bonchev–Trinajstić information content (AvgIpc) is 2.48. The van der Waals surface area contributed by atoms with Crippen LogP contribution >= 0.6 is 15.9 Å². The van der Waals surface area contributed by atoms with Gasteiger partial charge in [0.05, 0.1) is 0 Å². The molecule has 5 heteroatoms. The number of piperidine rings is 1. The van der Waals surface area contributed by atoms with Gasteiger partial charge in [-0.2, -0.15) is 0 Å². The van der Waals surface area contributed by atoms with Gasteiger partial charge in [0.15, 0.2) is 0 Å². The molecule has 2 amide bonds. The maximum Gasteiger partial charge on any atom is 0.222 e. The van der Waals surface area contributed by atoms with Crippen LogP contribution in [0.3, 0.4) is 0 Å². The number of nitrogens with two attached hydrogens (primary N) is 1. The number of aryl methyl sites for hydroxylation is 2. The number of likely N-dealkylation sites (tertiary alicyclic amines) is 1. The molecule has 0 atom stereocenters. The highest BCUT2D eigenvalue weighted by Gasteiger charge is 2.25. The Balaban J connectivity index is 1.82. The Kier molecular flexibility index (Phi) is 5.39. The van der Waals surface area contributed by atoms with Gasteiger partial charge in [0.1, 0.15) is 0 Å². The largest absolute Gasteiger partial charge is 0.369 e. The predicted octanol–water partition coefficient (Wildman–Crippen LogP) is 2.41. The van der Waals surface area contributed by atoms with E-state index in [2.05, 4.69) is 22.0 Å². The summed E-state index contributed by atoms with van der Waals surface area (Å²) in [6, 6.07) is 6.17. The summed E-state index contributed by atoms with van der Waals surface area (Å²) in [5.41, 5.74) is 7.66. The van der Waals surface area contributed by atoms with Crippen molar-refractivity contribution in [2.75, 3.05) is 13.1 Å². The van der Waals surface area contributed by atoms with Crippen LogP contribution in [0.25, 0.3) is 0 Å². The first-order chi connectivity index (χ1) is 9.97. The van der Waals surface area contributed by atoms with Gasteiger partial charge in [-0.1, -0.05) is 28.1 Å². The smallest absolute Gasteiger partial charge is 0.222 e. The van der Waals surface area contributed by atoms with E-state index in [0.717, 1.165) is 10.9 Å². The summed E-state index contributed by atoms with van der Waals surface area (Å²) in [6.45, 7) is 3.33. The second-order valence-corrected chi connectivity index (χ2v) is 6.50. The molecule has 1 aliphatic rings. The molecule has 1 saturated heterocycles. The van der Waals surface area contributed by atoms with E-state index in [0.29, 0.717) is 32.4 Å². The van der Waals surface area contributed by atoms with Crippen molar-refractivity contribution in [2.45, 2.75) is 32.6 Å². The monoisotopic (exact) mass is 352 g/mol. The predicted molar refractivity (Wildman–Crippen MR) is 85.7 cm³/mol. The van der Waals surface area contributed by atoms with Crippen molar-refractivity contribution >= 4 is 27.7 Å². The minimum Gasteiger partial charge on any atom is -0.369 e. The van der Waals surface area contributed by atoms with E-state index < -0.39 is 0 Å². The molecule has 4 nitrogen and oxygen atoms in total. The van der Waals surface area contributed by atoms with Crippen molar-refractivity contribution < 1.29 is 9.59 Å². The van der Waals surface area contributed by atoms with Gasteiger partial charge in [0.2, 0.25) is 11.8 Å². The van der Waals surface area contributed by atoms with Crippen molar-refractivity contribution in [3.63, 3.8) is 0 Å². The van der Waals surface area contributed by atoms with Crippen molar-refractivity contribution in [1.29, 1.82) is 0 Å². The van der Waals surface area contributed by atoms with E-state index in [-0.39, 0.29) is 17.7 Å². The van der Waals surface area contributed by atoms with Gasteiger partial charge in [-0.3, -0.25) is 9.59 Å². The lowest BCUT2D eigenvalue weighted by Crippen LogP contribution is -2.41. The van der Waals surface area contributed by atoms with Gasteiger partial charge in [-0.15, -0.1) is 0 Å². The lowest BCUT2D eigenvalue weighted by Gasteiger charge is -2.30. The first kappa shape index (κ1) is 16.0. The molecule has 0 spiro atoms. The van der Waals surface area contributed by atoms with Gasteiger partial charge in [-0.25, -0.2) is 0 Å². The van der Waals surface area contributed by atoms with E-state index >= 15 is 0 Å². The molecule has 21 heavy (non-hydrogen) atoms. The van der Waals surface area contributed by atoms with Crippen LogP contribution < -0.4 is 5.73 Å². The summed E-state index contributed by atoms with van der Waals surface area (Å²) < 4.78 is 1.09. The zero-order chi connectivity index (χ0) is 15.4. The fraction of sp³-hybridized carbons (Fsp3) is 0.500. The Labute approximate surface area is 133 Å². The lowest BCUT2D eigenvalue weighted by atomic mass is 9.96. The Bertz CT molecular complexity index is 537. The maximum absolute atomic E-state index is 12.2. The first-order valence-corrected chi connectivity index (χ1v) is 8.09. The molecule has 0 aromatic heterocycles. The van der Waals surface area contributed by atoms with Gasteiger partial charge in [0, 0.05) is 29.9 Å². The average molecular weight is 353 g/mol. The lowest BCUT2D eigenvalue weighted by molar-refractivity contribution is -0.134. The Morgan fingerprint density at radius 3 is 2.57 bits per heavy atom. The van der Waals surface area contributed by atoms with Crippen molar-refractivity contribution in [1.82, 2.24) is 4.90 Å². The molecule has 0 saturated carbocycles. The van der Waals surface area contributed by atoms with Crippen LogP contribution in [-0.2, 0) is 16.0 Å². The fourth-order valence-corrected chi connectivity index (χ4v) is 2.93. The van der Waals surface area contributed by atoms with Gasteiger partial charge >= 0.3 is 0 Å². The van der Waals surface area contributed by atoms with Crippen molar-refractivity contribution in [2.24, 2.45) is 11.7 Å². The summed E-state index contributed by atoms with van der Waals surface area (Å²) in [5.74, 6) is -0.144. The number of nitrogens with zero attached hydrogens (tertiary/aromatic N) is 1. The molecule has 1 aromatic rings. The van der Waals surface area contributed by atoms with Crippen molar-refractivity contribution in [3.8, 4) is 0 Å². The first-order valence-electron chi connectivity index (χ1n) is 7.29. The van der Waals surface area contributed by atoms with Gasteiger partial charge < -0.3 is 10.6 Å². The fourth-order valence-electron chi connectivity index (χ4n) is 2.69. The number of rotatable bonds is 4. The Hall–Kier alpha value is -1.36. The van der Waals surface area contributed by atoms with E-state index in [1.54, 1.807) is 0 Å². The highest BCUT2D eigenvalue weighted by Crippen LogP contribution is 2.20. The zero-order valence-corrected chi connectivity index (χ0v) is 13.9. The van der Waals surface area contributed by atoms with E-state index in [1.165, 1.54) is 11.1 Å². The second-order valence-electron chi connectivity index (χ2n) is 5.64. The molecule has 0 unspecified atom stereocenters. The van der Waals surface area contributed by atoms with E-state index in [1.807, 2.05) is 24.0 Å². The number of carbonyl (C=O) groups is 2. The highest BCUT2D eigenvalue weighted by atomic mass is 79.9. The third kappa shape index (κ3) is 4.30. The molecule has 2 rings (SSSR count). The molecule has 2 N–H and O–H groups in total. The summed E-state index contributed by atoms with van der Waals surface area (Å²) in [4.78, 5) is 25.2. The number of benzene rings is 1. The topological polar surface area (TPSA) is 63.4 Å².